The Morgan fingerprint density at radius 3 is 3.00 bits per heavy atom. The Kier molecular flexibility index (Phi) is 6.67. The van der Waals surface area contributed by atoms with E-state index in [2.05, 4.69) is 26.9 Å². The van der Waals surface area contributed by atoms with E-state index in [1.165, 1.54) is 11.3 Å². The lowest BCUT2D eigenvalue weighted by molar-refractivity contribution is -0.133. The van der Waals surface area contributed by atoms with Crippen LogP contribution in [0.15, 0.2) is 15.9 Å². The first-order valence-corrected chi connectivity index (χ1v) is 9.17. The van der Waals surface area contributed by atoms with E-state index in [0.29, 0.717) is 19.0 Å². The van der Waals surface area contributed by atoms with Crippen molar-refractivity contribution in [2.75, 3.05) is 32.7 Å². The van der Waals surface area contributed by atoms with Crippen molar-refractivity contribution in [1.29, 1.82) is 0 Å². The fraction of sp³-hybridized carbons (Fsp3) is 0.667. The number of carbonyl (C=O) groups excluding carboxylic acids is 1. The van der Waals surface area contributed by atoms with Crippen LogP contribution in [0.25, 0.3) is 0 Å². The van der Waals surface area contributed by atoms with Crippen LogP contribution in [0.1, 0.15) is 24.6 Å². The molecular weight excluding hydrogens is 350 g/mol. The molecule has 1 aromatic heterocycles. The van der Waals surface area contributed by atoms with Gasteiger partial charge in [0.15, 0.2) is 0 Å². The van der Waals surface area contributed by atoms with Gasteiger partial charge in [-0.1, -0.05) is 0 Å². The summed E-state index contributed by atoms with van der Waals surface area (Å²) >= 11 is 5.16. The van der Waals surface area contributed by atoms with Gasteiger partial charge < -0.3 is 10.6 Å². The van der Waals surface area contributed by atoms with Crippen LogP contribution in [-0.4, -0.2) is 48.4 Å². The van der Waals surface area contributed by atoms with E-state index >= 15 is 0 Å². The van der Waals surface area contributed by atoms with E-state index in [4.69, 9.17) is 5.73 Å². The van der Waals surface area contributed by atoms with E-state index in [0.717, 1.165) is 36.4 Å². The maximum Gasteiger partial charge on any atom is 0.237 e. The first-order valence-electron chi connectivity index (χ1n) is 7.56. The normalized spacial score (nSPS) is 19.7. The van der Waals surface area contributed by atoms with Crippen LogP contribution in [0.3, 0.4) is 0 Å². The van der Waals surface area contributed by atoms with E-state index < -0.39 is 0 Å². The zero-order valence-corrected chi connectivity index (χ0v) is 15.0. The molecule has 0 bridgehead atoms. The summed E-state index contributed by atoms with van der Waals surface area (Å²) in [5, 5.41) is 0. The number of nitrogens with two attached hydrogens (primary N) is 1. The topological polar surface area (TPSA) is 49.6 Å². The quantitative estimate of drug-likeness (QED) is 0.833. The SMILES string of the molecule is CCN(Cc1ccc(Br)s1)C(=O)CN1CCCC(CN)C1. The molecule has 21 heavy (non-hydrogen) atoms. The molecule has 1 fully saturated rings. The summed E-state index contributed by atoms with van der Waals surface area (Å²) in [4.78, 5) is 17.9. The molecule has 6 heteroatoms. The Balaban J connectivity index is 1.87. The van der Waals surface area contributed by atoms with Crippen LogP contribution in [0, 0.1) is 5.92 Å². The number of amides is 1. The number of rotatable bonds is 6. The smallest absolute Gasteiger partial charge is 0.237 e. The molecule has 1 atom stereocenters. The number of likely N-dealkylation sites (N-methyl/N-ethyl adjacent to an activating group) is 1. The van der Waals surface area contributed by atoms with Gasteiger partial charge in [-0.2, -0.15) is 0 Å². The molecule has 0 saturated carbocycles. The number of thiophene rings is 1. The van der Waals surface area contributed by atoms with Crippen molar-refractivity contribution in [2.24, 2.45) is 11.7 Å². The third-order valence-corrected chi connectivity index (χ3v) is 5.61. The number of nitrogens with zero attached hydrogens (tertiary/aromatic N) is 2. The minimum atomic E-state index is 0.222. The van der Waals surface area contributed by atoms with Crippen LogP contribution in [-0.2, 0) is 11.3 Å². The van der Waals surface area contributed by atoms with Gasteiger partial charge in [-0.25, -0.2) is 0 Å². The number of piperidine rings is 1. The Morgan fingerprint density at radius 2 is 2.38 bits per heavy atom. The lowest BCUT2D eigenvalue weighted by atomic mass is 9.98. The van der Waals surface area contributed by atoms with E-state index in [9.17, 15) is 4.79 Å². The van der Waals surface area contributed by atoms with E-state index in [1.807, 2.05) is 17.9 Å². The molecule has 0 spiro atoms. The lowest BCUT2D eigenvalue weighted by Gasteiger charge is -2.33. The summed E-state index contributed by atoms with van der Waals surface area (Å²) in [5.41, 5.74) is 5.76. The second-order valence-electron chi connectivity index (χ2n) is 5.59. The molecule has 0 aliphatic carbocycles. The Labute approximate surface area is 139 Å². The Morgan fingerprint density at radius 1 is 1.57 bits per heavy atom. The monoisotopic (exact) mass is 373 g/mol. The molecule has 1 aliphatic rings. The molecule has 0 aromatic carbocycles. The third kappa shape index (κ3) is 5.06. The molecule has 1 unspecified atom stereocenters. The molecule has 118 valence electrons. The average Bonchev–Trinajstić information content (AvgIpc) is 2.90. The fourth-order valence-electron chi connectivity index (χ4n) is 2.78. The molecule has 2 heterocycles. The van der Waals surface area contributed by atoms with Crippen molar-refractivity contribution in [3.05, 3.63) is 20.8 Å². The van der Waals surface area contributed by atoms with Crippen LogP contribution in [0.5, 0.6) is 0 Å². The van der Waals surface area contributed by atoms with Gasteiger partial charge in [0.05, 0.1) is 16.9 Å². The molecule has 1 saturated heterocycles. The highest BCUT2D eigenvalue weighted by atomic mass is 79.9. The predicted octanol–water partition coefficient (Wildman–Crippen LogP) is 2.53. The minimum Gasteiger partial charge on any atom is -0.337 e. The van der Waals surface area contributed by atoms with Gasteiger partial charge in [0.1, 0.15) is 0 Å². The molecule has 1 aliphatic heterocycles. The van der Waals surface area contributed by atoms with Gasteiger partial charge in [-0.3, -0.25) is 9.69 Å². The standard InChI is InChI=1S/C15H24BrN3OS/c1-2-19(10-13-5-6-14(16)21-13)15(20)11-18-7-3-4-12(8-17)9-18/h5-6,12H,2-4,7-11,17H2,1H3. The molecule has 0 radical (unpaired) electrons. The van der Waals surface area contributed by atoms with Gasteiger partial charge >= 0.3 is 0 Å². The second-order valence-corrected chi connectivity index (χ2v) is 8.14. The summed E-state index contributed by atoms with van der Waals surface area (Å²) in [7, 11) is 0. The van der Waals surface area contributed by atoms with Crippen molar-refractivity contribution < 1.29 is 4.79 Å². The molecule has 4 nitrogen and oxygen atoms in total. The average molecular weight is 374 g/mol. The second kappa shape index (κ2) is 8.27. The summed E-state index contributed by atoms with van der Waals surface area (Å²) in [6, 6.07) is 4.12. The largest absolute Gasteiger partial charge is 0.337 e. The third-order valence-electron chi connectivity index (χ3n) is 4.01. The first kappa shape index (κ1) is 16.9. The van der Waals surface area contributed by atoms with Gasteiger partial charge in [-0.05, 0) is 66.8 Å². The number of likely N-dealkylation sites (tertiary alicyclic amines) is 1. The number of hydrogen-bond acceptors (Lipinski definition) is 4. The Hall–Kier alpha value is -0.430. The highest BCUT2D eigenvalue weighted by Gasteiger charge is 2.22. The highest BCUT2D eigenvalue weighted by Crippen LogP contribution is 2.23. The van der Waals surface area contributed by atoms with E-state index in [-0.39, 0.29) is 5.91 Å². The fourth-order valence-corrected chi connectivity index (χ4v) is 4.28. The maximum atomic E-state index is 12.5. The first-order chi connectivity index (χ1) is 10.1. The van der Waals surface area contributed by atoms with Crippen molar-refractivity contribution in [1.82, 2.24) is 9.80 Å². The van der Waals surface area contributed by atoms with Crippen LogP contribution in [0.4, 0.5) is 0 Å². The van der Waals surface area contributed by atoms with Crippen LogP contribution in [0.2, 0.25) is 0 Å². The van der Waals surface area contributed by atoms with Crippen molar-refractivity contribution >= 4 is 33.2 Å². The van der Waals surface area contributed by atoms with Gasteiger partial charge in [-0.15, -0.1) is 11.3 Å². The molecule has 2 N–H and O–H groups in total. The zero-order valence-electron chi connectivity index (χ0n) is 12.6. The Bertz CT molecular complexity index is 466. The lowest BCUT2D eigenvalue weighted by Crippen LogP contribution is -2.45. The number of hydrogen-bond donors (Lipinski definition) is 1. The maximum absolute atomic E-state index is 12.5. The molecule has 1 amide bonds. The molecular formula is C15H24BrN3OS. The van der Waals surface area contributed by atoms with Crippen LogP contribution >= 0.6 is 27.3 Å². The van der Waals surface area contributed by atoms with Crippen molar-refractivity contribution in [2.45, 2.75) is 26.3 Å². The van der Waals surface area contributed by atoms with Gasteiger partial charge in [0, 0.05) is 18.0 Å². The predicted molar refractivity (Wildman–Crippen MR) is 91.3 cm³/mol. The summed E-state index contributed by atoms with van der Waals surface area (Å²) in [6.07, 6.45) is 2.35. The highest BCUT2D eigenvalue weighted by molar-refractivity contribution is 9.11. The van der Waals surface area contributed by atoms with Crippen molar-refractivity contribution in [3.63, 3.8) is 0 Å². The number of carbonyl (C=O) groups is 1. The van der Waals surface area contributed by atoms with Crippen molar-refractivity contribution in [3.8, 4) is 0 Å². The summed E-state index contributed by atoms with van der Waals surface area (Å²) in [5.74, 6) is 0.773. The van der Waals surface area contributed by atoms with Crippen LogP contribution < -0.4 is 5.73 Å². The summed E-state index contributed by atoms with van der Waals surface area (Å²) < 4.78 is 1.11. The summed E-state index contributed by atoms with van der Waals surface area (Å²) in [6.45, 7) is 6.73. The zero-order chi connectivity index (χ0) is 15.2. The molecule has 1 aromatic rings. The van der Waals surface area contributed by atoms with Gasteiger partial charge in [0.2, 0.25) is 5.91 Å². The molecule has 2 rings (SSSR count). The van der Waals surface area contributed by atoms with Gasteiger partial charge in [0.25, 0.3) is 0 Å². The number of halogens is 1. The van der Waals surface area contributed by atoms with E-state index in [1.54, 1.807) is 11.3 Å². The minimum absolute atomic E-state index is 0.222.